The number of carbonyl (C=O) groups excluding carboxylic acids is 2. The van der Waals surface area contributed by atoms with Crippen LogP contribution in [0.5, 0.6) is 0 Å². The van der Waals surface area contributed by atoms with Gasteiger partial charge in [-0.3, -0.25) is 14.2 Å². The minimum Gasteiger partial charge on any atom is -0.444 e. The number of nitrogens with zero attached hydrogens (tertiary/aromatic N) is 2. The largest absolute Gasteiger partial charge is 0.444 e. The Hall–Kier alpha value is -4.09. The summed E-state index contributed by atoms with van der Waals surface area (Å²) in [6, 6.07) is 7.59. The van der Waals surface area contributed by atoms with Crippen molar-refractivity contribution >= 4 is 12.0 Å². The Balaban J connectivity index is 1.60. The highest BCUT2D eigenvalue weighted by molar-refractivity contribution is 5.94. The quantitative estimate of drug-likeness (QED) is 0.330. The van der Waals surface area contributed by atoms with Crippen molar-refractivity contribution in [3.63, 3.8) is 0 Å². The second-order valence-electron chi connectivity index (χ2n) is 11.1. The van der Waals surface area contributed by atoms with Crippen LogP contribution in [0.25, 0.3) is 5.69 Å². The van der Waals surface area contributed by atoms with Gasteiger partial charge in [-0.2, -0.15) is 13.2 Å². The molecule has 0 spiro atoms. The summed E-state index contributed by atoms with van der Waals surface area (Å²) in [5, 5.41) is 9.31. The smallest absolute Gasteiger partial charge is 0.416 e. The first-order valence-corrected chi connectivity index (χ1v) is 13.4. The average molecular weight is 575 g/mol. The Morgan fingerprint density at radius 1 is 1.12 bits per heavy atom. The maximum Gasteiger partial charge on any atom is 0.416 e. The number of carbonyl (C=O) groups is 2. The third kappa shape index (κ3) is 7.77. The Morgan fingerprint density at radius 2 is 1.85 bits per heavy atom. The number of alkyl halides is 3. The molecule has 3 aromatic rings. The van der Waals surface area contributed by atoms with Crippen LogP contribution in [0.15, 0.2) is 45.7 Å². The summed E-state index contributed by atoms with van der Waals surface area (Å²) in [5.74, 6) is 0.0968. The first-order valence-electron chi connectivity index (χ1n) is 13.4. The fraction of sp³-hybridized carbons (Fsp3) is 0.448. The number of nitrogens with one attached hydrogen (secondary N) is 2. The van der Waals surface area contributed by atoms with Crippen LogP contribution in [0.4, 0.5) is 18.0 Å². The zero-order valence-electron chi connectivity index (χ0n) is 23.4. The second kappa shape index (κ2) is 11.8. The lowest BCUT2D eigenvalue weighted by Gasteiger charge is -2.20. The molecular formula is C29H33F3N4O5. The van der Waals surface area contributed by atoms with Gasteiger partial charge in [0.05, 0.1) is 17.8 Å². The molecule has 0 saturated heterocycles. The van der Waals surface area contributed by atoms with Crippen LogP contribution in [0.1, 0.15) is 84.6 Å². The van der Waals surface area contributed by atoms with Crippen LogP contribution >= 0.6 is 0 Å². The topological polar surface area (TPSA) is 115 Å². The van der Waals surface area contributed by atoms with Gasteiger partial charge in [0.15, 0.2) is 5.76 Å². The number of pyridine rings is 1. The van der Waals surface area contributed by atoms with Crippen LogP contribution in [0, 0.1) is 6.92 Å². The van der Waals surface area contributed by atoms with E-state index in [1.165, 1.54) is 18.2 Å². The van der Waals surface area contributed by atoms with Crippen molar-refractivity contribution < 1.29 is 32.0 Å². The number of halogens is 3. The van der Waals surface area contributed by atoms with Crippen molar-refractivity contribution in [2.24, 2.45) is 0 Å². The van der Waals surface area contributed by atoms with Gasteiger partial charge in [-0.25, -0.2) is 4.79 Å². The summed E-state index contributed by atoms with van der Waals surface area (Å²) in [4.78, 5) is 38.7. The first-order chi connectivity index (χ1) is 19.2. The number of hydrogen-bond donors (Lipinski definition) is 2. The molecule has 0 aliphatic heterocycles. The molecule has 2 heterocycles. The van der Waals surface area contributed by atoms with Crippen molar-refractivity contribution in [2.75, 3.05) is 6.54 Å². The van der Waals surface area contributed by atoms with E-state index in [2.05, 4.69) is 15.8 Å². The number of alkyl carbamates (subject to hydrolysis) is 1. The fourth-order valence-electron chi connectivity index (χ4n) is 4.33. The molecule has 4 rings (SSSR count). The Morgan fingerprint density at radius 3 is 2.51 bits per heavy atom. The van der Waals surface area contributed by atoms with Gasteiger partial charge in [0, 0.05) is 29.9 Å². The van der Waals surface area contributed by atoms with Crippen LogP contribution in [-0.4, -0.2) is 33.9 Å². The van der Waals surface area contributed by atoms with E-state index in [1.54, 1.807) is 33.8 Å². The molecule has 2 aromatic heterocycles. The van der Waals surface area contributed by atoms with Crippen LogP contribution < -0.4 is 16.2 Å². The molecule has 220 valence electrons. The molecule has 1 aromatic carbocycles. The molecule has 0 atom stereocenters. The van der Waals surface area contributed by atoms with Crippen LogP contribution in [0.2, 0.25) is 0 Å². The maximum atomic E-state index is 13.5. The van der Waals surface area contributed by atoms with Gasteiger partial charge in [-0.05, 0) is 83.2 Å². The lowest BCUT2D eigenvalue weighted by Crippen LogP contribution is -2.34. The summed E-state index contributed by atoms with van der Waals surface area (Å²) < 4.78 is 52.0. The fourth-order valence-corrected chi connectivity index (χ4v) is 4.33. The third-order valence-corrected chi connectivity index (χ3v) is 6.52. The molecule has 2 amide bonds. The Labute approximate surface area is 235 Å². The predicted molar refractivity (Wildman–Crippen MR) is 144 cm³/mol. The molecule has 0 unspecified atom stereocenters. The van der Waals surface area contributed by atoms with E-state index < -0.39 is 34.9 Å². The van der Waals surface area contributed by atoms with Gasteiger partial charge in [-0.15, -0.1) is 0 Å². The Bertz CT molecular complexity index is 1480. The highest BCUT2D eigenvalue weighted by Gasteiger charge is 2.31. The normalized spacial score (nSPS) is 13.6. The highest BCUT2D eigenvalue weighted by Crippen LogP contribution is 2.39. The molecule has 1 aliphatic rings. The van der Waals surface area contributed by atoms with Crippen molar-refractivity contribution in [1.82, 2.24) is 20.4 Å². The van der Waals surface area contributed by atoms with Crippen molar-refractivity contribution in [1.29, 1.82) is 0 Å². The molecule has 9 nitrogen and oxygen atoms in total. The number of aryl methyl sites for hydroxylation is 1. The van der Waals surface area contributed by atoms with Crippen LogP contribution in [0.3, 0.4) is 0 Å². The minimum atomic E-state index is -4.62. The van der Waals surface area contributed by atoms with Crippen molar-refractivity contribution in [3.05, 3.63) is 80.6 Å². The SMILES string of the molecule is Cc1c(CCCNC(=O)OC(C)(C)C)cc(C(=O)NCc2cc(C3CC3)no2)c(=O)n1-c1cccc(C(F)(F)F)c1. The second-order valence-corrected chi connectivity index (χ2v) is 11.1. The standard InChI is InChI=1S/C29H33F3N4O5/c1-17-19(7-6-12-33-27(39)40-28(2,3)4)13-23(25(37)34-16-22-15-24(35-41-22)18-10-11-18)26(38)36(17)21-9-5-8-20(14-21)29(30,31)32/h5,8-9,13-15,18H,6-7,10-12,16H2,1-4H3,(H,33,39)(H,34,37). The lowest BCUT2D eigenvalue weighted by atomic mass is 10.0. The summed E-state index contributed by atoms with van der Waals surface area (Å²) in [6.45, 7) is 7.07. The zero-order valence-corrected chi connectivity index (χ0v) is 23.4. The van der Waals surface area contributed by atoms with Gasteiger partial charge < -0.3 is 19.9 Å². The monoisotopic (exact) mass is 574 g/mol. The van der Waals surface area contributed by atoms with Crippen molar-refractivity contribution in [2.45, 2.75) is 77.6 Å². The number of rotatable bonds is 9. The molecule has 12 heteroatoms. The first kappa shape index (κ1) is 29.9. The van der Waals surface area contributed by atoms with E-state index in [0.29, 0.717) is 35.8 Å². The number of aromatic nitrogens is 2. The molecule has 1 aliphatic carbocycles. The number of ether oxygens (including phenoxy) is 1. The maximum absolute atomic E-state index is 13.5. The van der Waals surface area contributed by atoms with E-state index in [9.17, 15) is 27.6 Å². The van der Waals surface area contributed by atoms with E-state index in [-0.39, 0.29) is 24.3 Å². The van der Waals surface area contributed by atoms with Crippen LogP contribution in [-0.2, 0) is 23.9 Å². The number of benzene rings is 1. The zero-order chi connectivity index (χ0) is 29.9. The van der Waals surface area contributed by atoms with Gasteiger partial charge in [-0.1, -0.05) is 11.2 Å². The summed E-state index contributed by atoms with van der Waals surface area (Å²) in [7, 11) is 0. The van der Waals surface area contributed by atoms with E-state index in [0.717, 1.165) is 35.2 Å². The molecule has 2 N–H and O–H groups in total. The molecule has 0 radical (unpaired) electrons. The molecular weight excluding hydrogens is 541 g/mol. The van der Waals surface area contributed by atoms with E-state index in [4.69, 9.17) is 9.26 Å². The Kier molecular flexibility index (Phi) is 8.60. The van der Waals surface area contributed by atoms with E-state index >= 15 is 0 Å². The predicted octanol–water partition coefficient (Wildman–Crippen LogP) is 5.42. The van der Waals surface area contributed by atoms with Crippen molar-refractivity contribution in [3.8, 4) is 5.69 Å². The lowest BCUT2D eigenvalue weighted by molar-refractivity contribution is -0.137. The number of hydrogen-bond acceptors (Lipinski definition) is 6. The third-order valence-electron chi connectivity index (χ3n) is 6.52. The van der Waals surface area contributed by atoms with Gasteiger partial charge in [0.2, 0.25) is 0 Å². The minimum absolute atomic E-state index is 0.00935. The molecule has 0 bridgehead atoms. The average Bonchev–Trinajstić information content (AvgIpc) is 3.62. The number of amides is 2. The summed E-state index contributed by atoms with van der Waals surface area (Å²) in [6.07, 6.45) is -2.38. The molecule has 41 heavy (non-hydrogen) atoms. The van der Waals surface area contributed by atoms with Gasteiger partial charge in [0.25, 0.3) is 11.5 Å². The molecule has 1 saturated carbocycles. The summed E-state index contributed by atoms with van der Waals surface area (Å²) in [5.41, 5.74) is -0.823. The van der Waals surface area contributed by atoms with Gasteiger partial charge in [0.1, 0.15) is 11.2 Å². The van der Waals surface area contributed by atoms with Gasteiger partial charge >= 0.3 is 12.3 Å². The van der Waals surface area contributed by atoms with E-state index in [1.807, 2.05) is 0 Å². The summed E-state index contributed by atoms with van der Waals surface area (Å²) >= 11 is 0. The molecule has 1 fully saturated rings. The highest BCUT2D eigenvalue weighted by atomic mass is 19.4.